The van der Waals surface area contributed by atoms with E-state index in [0.717, 1.165) is 39.0 Å². The van der Waals surface area contributed by atoms with Crippen molar-refractivity contribution in [3.8, 4) is 0 Å². The van der Waals surface area contributed by atoms with Gasteiger partial charge in [0, 0.05) is 29.7 Å². The van der Waals surface area contributed by atoms with E-state index in [1.807, 2.05) is 18.2 Å². The van der Waals surface area contributed by atoms with Crippen LogP contribution in [0.3, 0.4) is 0 Å². The maximum atomic E-state index is 5.93. The normalized spacial score (nSPS) is 11.3. The van der Waals surface area contributed by atoms with Crippen LogP contribution in [0.4, 0.5) is 11.4 Å². The fraction of sp³-hybridized carbons (Fsp3) is 0.227. The Hall–Kier alpha value is -1.98. The second-order valence-electron chi connectivity index (χ2n) is 6.15. The summed E-state index contributed by atoms with van der Waals surface area (Å²) in [4.78, 5) is 7.99. The molecule has 0 aliphatic rings. The van der Waals surface area contributed by atoms with Crippen LogP contribution >= 0.6 is 27.7 Å². The van der Waals surface area contributed by atoms with E-state index >= 15 is 0 Å². The number of anilines is 1. The molecule has 0 bridgehead atoms. The molecule has 0 amide bonds. The van der Waals surface area contributed by atoms with Crippen molar-refractivity contribution in [2.75, 3.05) is 18.0 Å². The minimum atomic E-state index is 0.726. The Morgan fingerprint density at radius 3 is 2.33 bits per heavy atom. The van der Waals surface area contributed by atoms with E-state index in [-0.39, 0.29) is 0 Å². The van der Waals surface area contributed by atoms with E-state index in [0.29, 0.717) is 0 Å². The van der Waals surface area contributed by atoms with Gasteiger partial charge in [-0.1, -0.05) is 29.5 Å². The molecular formula is C22H23BrN2OS. The maximum absolute atomic E-state index is 5.93. The predicted molar refractivity (Wildman–Crippen MR) is 119 cm³/mol. The van der Waals surface area contributed by atoms with E-state index in [2.05, 4.69) is 83.0 Å². The van der Waals surface area contributed by atoms with Crippen LogP contribution in [0.2, 0.25) is 0 Å². The van der Waals surface area contributed by atoms with Crippen LogP contribution in [0.25, 0.3) is 0 Å². The third-order valence-corrected chi connectivity index (χ3v) is 6.07. The van der Waals surface area contributed by atoms with Gasteiger partial charge in [-0.25, -0.2) is 0 Å². The van der Waals surface area contributed by atoms with E-state index in [4.69, 9.17) is 4.42 Å². The van der Waals surface area contributed by atoms with Crippen LogP contribution in [0.1, 0.15) is 25.2 Å². The molecule has 0 fully saturated rings. The maximum Gasteiger partial charge on any atom is 0.179 e. The molecule has 0 saturated heterocycles. The molecule has 0 spiro atoms. The van der Waals surface area contributed by atoms with Gasteiger partial charge in [-0.3, -0.25) is 4.99 Å². The molecule has 3 rings (SSSR count). The highest BCUT2D eigenvalue weighted by molar-refractivity contribution is 9.10. The smallest absolute Gasteiger partial charge is 0.179 e. The van der Waals surface area contributed by atoms with Crippen molar-refractivity contribution in [2.24, 2.45) is 4.99 Å². The van der Waals surface area contributed by atoms with E-state index < -0.39 is 0 Å². The number of hydrogen-bond donors (Lipinski definition) is 0. The SMILES string of the molecule is CCN(CC)c1ccc(N=Cc2cc(Br)c(Sc3ccc(C)cc3)o2)cc1. The molecule has 5 heteroatoms. The summed E-state index contributed by atoms with van der Waals surface area (Å²) >= 11 is 5.17. The van der Waals surface area contributed by atoms with Crippen LogP contribution in [-0.2, 0) is 0 Å². The summed E-state index contributed by atoms with van der Waals surface area (Å²) in [6.07, 6.45) is 1.76. The lowest BCUT2D eigenvalue weighted by atomic mass is 10.2. The zero-order valence-electron chi connectivity index (χ0n) is 15.8. The average Bonchev–Trinajstić information content (AvgIpc) is 3.03. The summed E-state index contributed by atoms with van der Waals surface area (Å²) in [5.41, 5.74) is 3.38. The number of aliphatic imine (C=N–C) groups is 1. The highest BCUT2D eigenvalue weighted by atomic mass is 79.9. The zero-order chi connectivity index (χ0) is 19.2. The highest BCUT2D eigenvalue weighted by Gasteiger charge is 2.09. The second kappa shape index (κ2) is 9.29. The molecule has 0 aliphatic heterocycles. The Balaban J connectivity index is 1.69. The van der Waals surface area contributed by atoms with Gasteiger partial charge in [0.2, 0.25) is 0 Å². The van der Waals surface area contributed by atoms with Gasteiger partial charge in [-0.2, -0.15) is 0 Å². The van der Waals surface area contributed by atoms with Crippen molar-refractivity contribution in [3.63, 3.8) is 0 Å². The first-order valence-corrected chi connectivity index (χ1v) is 10.6. The predicted octanol–water partition coefficient (Wildman–Crippen LogP) is 7.10. The molecule has 0 N–H and O–H groups in total. The van der Waals surface area contributed by atoms with Crippen LogP contribution in [-0.4, -0.2) is 19.3 Å². The van der Waals surface area contributed by atoms with E-state index in [1.54, 1.807) is 18.0 Å². The van der Waals surface area contributed by atoms with Crippen LogP contribution in [0.15, 0.2) is 78.5 Å². The van der Waals surface area contributed by atoms with Gasteiger partial charge in [0.15, 0.2) is 5.09 Å². The Morgan fingerprint density at radius 1 is 1.04 bits per heavy atom. The number of rotatable bonds is 7. The molecule has 0 atom stereocenters. The number of benzene rings is 2. The fourth-order valence-electron chi connectivity index (χ4n) is 2.69. The van der Waals surface area contributed by atoms with Gasteiger partial charge in [-0.05, 0) is 73.1 Å². The number of aryl methyl sites for hydroxylation is 1. The topological polar surface area (TPSA) is 28.7 Å². The summed E-state index contributed by atoms with van der Waals surface area (Å²) in [7, 11) is 0. The van der Waals surface area contributed by atoms with Gasteiger partial charge >= 0.3 is 0 Å². The Labute approximate surface area is 173 Å². The standard InChI is InChI=1S/C22H23BrN2OS/c1-4-25(5-2)18-10-8-17(9-11-18)24-15-19-14-21(23)22(26-19)27-20-12-6-16(3)7-13-20/h6-15H,4-5H2,1-3H3. The minimum Gasteiger partial charge on any atom is -0.447 e. The van der Waals surface area contributed by atoms with E-state index in [1.165, 1.54) is 11.3 Å². The van der Waals surface area contributed by atoms with Crippen LogP contribution in [0, 0.1) is 6.92 Å². The van der Waals surface area contributed by atoms with Crippen LogP contribution < -0.4 is 4.90 Å². The first-order valence-electron chi connectivity index (χ1n) is 9.02. The zero-order valence-corrected chi connectivity index (χ0v) is 18.2. The van der Waals surface area contributed by atoms with Crippen molar-refractivity contribution in [1.82, 2.24) is 0 Å². The number of halogens is 1. The quantitative estimate of drug-likeness (QED) is 0.365. The first kappa shape index (κ1) is 19.8. The Bertz CT molecular complexity index is 897. The van der Waals surface area contributed by atoms with Gasteiger partial charge in [-0.15, -0.1) is 0 Å². The summed E-state index contributed by atoms with van der Waals surface area (Å²) in [5.74, 6) is 0.726. The second-order valence-corrected chi connectivity index (χ2v) is 8.05. The highest BCUT2D eigenvalue weighted by Crippen LogP contribution is 2.35. The molecule has 1 aromatic heterocycles. The summed E-state index contributed by atoms with van der Waals surface area (Å²) in [6.45, 7) is 8.41. The third-order valence-electron chi connectivity index (χ3n) is 4.23. The van der Waals surface area contributed by atoms with Crippen LogP contribution in [0.5, 0.6) is 0 Å². The van der Waals surface area contributed by atoms with Gasteiger partial charge < -0.3 is 9.32 Å². The molecule has 0 unspecified atom stereocenters. The monoisotopic (exact) mass is 442 g/mol. The molecule has 3 aromatic rings. The fourth-order valence-corrected chi connectivity index (χ4v) is 4.02. The molecule has 27 heavy (non-hydrogen) atoms. The number of nitrogens with zero attached hydrogens (tertiary/aromatic N) is 2. The Kier molecular flexibility index (Phi) is 6.80. The number of furan rings is 1. The van der Waals surface area contributed by atoms with E-state index in [9.17, 15) is 0 Å². The molecule has 1 heterocycles. The summed E-state index contributed by atoms with van der Waals surface area (Å²) in [5, 5.41) is 0.831. The lowest BCUT2D eigenvalue weighted by Gasteiger charge is -2.20. The van der Waals surface area contributed by atoms with Crippen molar-refractivity contribution < 1.29 is 4.42 Å². The van der Waals surface area contributed by atoms with Crippen molar-refractivity contribution in [3.05, 3.63) is 70.4 Å². The van der Waals surface area contributed by atoms with Crippen molar-refractivity contribution in [1.29, 1.82) is 0 Å². The third kappa shape index (κ3) is 5.27. The van der Waals surface area contributed by atoms with Gasteiger partial charge in [0.1, 0.15) is 5.76 Å². The molecule has 140 valence electrons. The molecule has 0 radical (unpaired) electrons. The largest absolute Gasteiger partial charge is 0.447 e. The lowest BCUT2D eigenvalue weighted by Crippen LogP contribution is -2.21. The molecule has 0 saturated carbocycles. The molecule has 0 aliphatic carbocycles. The van der Waals surface area contributed by atoms with Gasteiger partial charge in [0.05, 0.1) is 16.4 Å². The number of hydrogen-bond acceptors (Lipinski definition) is 4. The first-order chi connectivity index (χ1) is 13.1. The minimum absolute atomic E-state index is 0.726. The molecular weight excluding hydrogens is 420 g/mol. The van der Waals surface area contributed by atoms with Gasteiger partial charge in [0.25, 0.3) is 0 Å². The van der Waals surface area contributed by atoms with Crippen molar-refractivity contribution in [2.45, 2.75) is 30.8 Å². The Morgan fingerprint density at radius 2 is 1.70 bits per heavy atom. The summed E-state index contributed by atoms with van der Waals surface area (Å²) < 4.78 is 6.86. The molecule has 3 nitrogen and oxygen atoms in total. The lowest BCUT2D eigenvalue weighted by molar-refractivity contribution is 0.466. The molecule has 2 aromatic carbocycles. The average molecular weight is 443 g/mol. The van der Waals surface area contributed by atoms with Crippen molar-refractivity contribution >= 4 is 45.3 Å². The summed E-state index contributed by atoms with van der Waals surface area (Å²) in [6, 6.07) is 18.6.